The Morgan fingerprint density at radius 1 is 1.00 bits per heavy atom. The summed E-state index contributed by atoms with van der Waals surface area (Å²) in [5, 5.41) is 5.57. The molecule has 7 heteroatoms. The van der Waals surface area contributed by atoms with E-state index in [0.717, 1.165) is 10.2 Å². The molecule has 6 nitrogen and oxygen atoms in total. The van der Waals surface area contributed by atoms with Gasteiger partial charge in [-0.3, -0.25) is 14.5 Å². The second-order valence-electron chi connectivity index (χ2n) is 5.51. The smallest absolute Gasteiger partial charge is 0.238 e. The van der Waals surface area contributed by atoms with E-state index in [2.05, 4.69) is 26.6 Å². The molecule has 0 aliphatic carbocycles. The molecule has 0 fully saturated rings. The fraction of sp³-hybridized carbons (Fsp3) is 0.222. The number of likely N-dealkylation sites (N-methyl/N-ethyl adjacent to an activating group) is 1. The van der Waals surface area contributed by atoms with Gasteiger partial charge in [-0.2, -0.15) is 0 Å². The van der Waals surface area contributed by atoms with Crippen LogP contribution < -0.4 is 15.4 Å². The maximum Gasteiger partial charge on any atom is 0.238 e. The van der Waals surface area contributed by atoms with Gasteiger partial charge in [0.05, 0.1) is 20.2 Å². The highest BCUT2D eigenvalue weighted by molar-refractivity contribution is 9.10. The van der Waals surface area contributed by atoms with Crippen molar-refractivity contribution in [1.82, 2.24) is 4.90 Å². The number of anilines is 2. The maximum atomic E-state index is 12.0. The third kappa shape index (κ3) is 6.56. The molecule has 0 unspecified atom stereocenters. The van der Waals surface area contributed by atoms with Crippen molar-refractivity contribution in [2.24, 2.45) is 0 Å². The molecule has 0 radical (unpaired) electrons. The minimum absolute atomic E-state index is 0.109. The Hall–Kier alpha value is -2.38. The largest absolute Gasteiger partial charge is 0.497 e. The number of halogens is 1. The summed E-state index contributed by atoms with van der Waals surface area (Å²) in [6.45, 7) is 0.223. The van der Waals surface area contributed by atoms with Crippen LogP contribution in [0.15, 0.2) is 53.0 Å². The highest BCUT2D eigenvalue weighted by atomic mass is 79.9. The van der Waals surface area contributed by atoms with Crippen LogP contribution in [0.4, 0.5) is 11.4 Å². The van der Waals surface area contributed by atoms with Gasteiger partial charge in [-0.15, -0.1) is 0 Å². The molecule has 2 aromatic carbocycles. The van der Waals surface area contributed by atoms with Gasteiger partial charge in [-0.1, -0.05) is 22.0 Å². The fourth-order valence-electron chi connectivity index (χ4n) is 2.19. The Balaban J connectivity index is 1.79. The van der Waals surface area contributed by atoms with Gasteiger partial charge >= 0.3 is 0 Å². The zero-order valence-electron chi connectivity index (χ0n) is 14.1. The minimum atomic E-state index is -0.192. The predicted molar refractivity (Wildman–Crippen MR) is 102 cm³/mol. The highest BCUT2D eigenvalue weighted by Crippen LogP contribution is 2.16. The normalized spacial score (nSPS) is 10.4. The first-order valence-electron chi connectivity index (χ1n) is 7.64. The first-order chi connectivity index (χ1) is 12.0. The van der Waals surface area contributed by atoms with Crippen molar-refractivity contribution in [3.8, 4) is 5.75 Å². The van der Waals surface area contributed by atoms with Gasteiger partial charge in [0.15, 0.2) is 0 Å². The number of ether oxygens (including phenoxy) is 1. The van der Waals surface area contributed by atoms with Gasteiger partial charge in [0.25, 0.3) is 0 Å². The fourth-order valence-corrected chi connectivity index (χ4v) is 2.59. The van der Waals surface area contributed by atoms with Crippen LogP contribution in [0.25, 0.3) is 0 Å². The standard InChI is InChI=1S/C18H20BrN3O3/c1-22(12-18(24)21-15-5-3-4-13(19)10-15)11-17(23)20-14-6-8-16(25-2)9-7-14/h3-10H,11-12H2,1-2H3,(H,20,23)(H,21,24). The zero-order valence-corrected chi connectivity index (χ0v) is 15.7. The van der Waals surface area contributed by atoms with Gasteiger partial charge in [-0.25, -0.2) is 0 Å². The maximum absolute atomic E-state index is 12.0. The van der Waals surface area contributed by atoms with Crippen LogP contribution in [0.1, 0.15) is 0 Å². The van der Waals surface area contributed by atoms with E-state index < -0.39 is 0 Å². The summed E-state index contributed by atoms with van der Waals surface area (Å²) in [5.74, 6) is 0.347. The lowest BCUT2D eigenvalue weighted by molar-refractivity contribution is -0.119. The van der Waals surface area contributed by atoms with Gasteiger partial charge in [0.1, 0.15) is 5.75 Å². The molecule has 2 amide bonds. The molecule has 0 saturated carbocycles. The number of hydrogen-bond donors (Lipinski definition) is 2. The molecule has 2 aromatic rings. The summed E-state index contributed by atoms with van der Waals surface area (Å²) in [6, 6.07) is 14.4. The number of benzene rings is 2. The molecule has 0 spiro atoms. The Labute approximate surface area is 155 Å². The Morgan fingerprint density at radius 2 is 1.60 bits per heavy atom. The lowest BCUT2D eigenvalue weighted by Crippen LogP contribution is -2.36. The second-order valence-corrected chi connectivity index (χ2v) is 6.42. The Morgan fingerprint density at radius 3 is 2.16 bits per heavy atom. The van der Waals surface area contributed by atoms with Gasteiger partial charge in [0, 0.05) is 15.8 Å². The van der Waals surface area contributed by atoms with Crippen LogP contribution >= 0.6 is 15.9 Å². The summed E-state index contributed by atoms with van der Waals surface area (Å²) in [5.41, 5.74) is 1.38. The summed E-state index contributed by atoms with van der Waals surface area (Å²) >= 11 is 3.35. The van der Waals surface area contributed by atoms with Crippen LogP contribution in [0.2, 0.25) is 0 Å². The monoisotopic (exact) mass is 405 g/mol. The lowest BCUT2D eigenvalue weighted by Gasteiger charge is -2.16. The van der Waals surface area contributed by atoms with Crippen LogP contribution in [-0.4, -0.2) is 44.0 Å². The zero-order chi connectivity index (χ0) is 18.2. The van der Waals surface area contributed by atoms with Crippen molar-refractivity contribution < 1.29 is 14.3 Å². The second kappa shape index (κ2) is 9.19. The van der Waals surface area contributed by atoms with Crippen molar-refractivity contribution in [3.05, 3.63) is 53.0 Å². The third-order valence-corrected chi connectivity index (χ3v) is 3.80. The third-order valence-electron chi connectivity index (χ3n) is 3.31. The highest BCUT2D eigenvalue weighted by Gasteiger charge is 2.11. The van der Waals surface area contributed by atoms with E-state index in [1.54, 1.807) is 49.4 Å². The quantitative estimate of drug-likeness (QED) is 0.742. The lowest BCUT2D eigenvalue weighted by atomic mass is 10.3. The molecule has 25 heavy (non-hydrogen) atoms. The van der Waals surface area contributed by atoms with E-state index in [9.17, 15) is 9.59 Å². The first-order valence-corrected chi connectivity index (χ1v) is 8.43. The summed E-state index contributed by atoms with van der Waals surface area (Å²) in [7, 11) is 3.30. The molecule has 0 saturated heterocycles. The number of nitrogens with one attached hydrogen (secondary N) is 2. The molecule has 0 aliphatic rings. The summed E-state index contributed by atoms with van der Waals surface area (Å²) in [6.07, 6.45) is 0. The molecule has 0 aromatic heterocycles. The van der Waals surface area contributed by atoms with Crippen LogP contribution in [0.5, 0.6) is 5.75 Å². The minimum Gasteiger partial charge on any atom is -0.497 e. The Kier molecular flexibility index (Phi) is 6.97. The van der Waals surface area contributed by atoms with E-state index in [1.807, 2.05) is 18.2 Å². The van der Waals surface area contributed by atoms with Crippen molar-refractivity contribution in [2.45, 2.75) is 0 Å². The van der Waals surface area contributed by atoms with Crippen LogP contribution in [0.3, 0.4) is 0 Å². The van der Waals surface area contributed by atoms with E-state index in [-0.39, 0.29) is 24.9 Å². The van der Waals surface area contributed by atoms with E-state index in [0.29, 0.717) is 11.4 Å². The predicted octanol–water partition coefficient (Wildman–Crippen LogP) is 2.97. The van der Waals surface area contributed by atoms with Crippen molar-refractivity contribution in [1.29, 1.82) is 0 Å². The molecule has 132 valence electrons. The number of rotatable bonds is 7. The molecule has 2 N–H and O–H groups in total. The molecule has 2 rings (SSSR count). The number of hydrogen-bond acceptors (Lipinski definition) is 4. The van der Waals surface area contributed by atoms with E-state index in [1.165, 1.54) is 0 Å². The molecule has 0 bridgehead atoms. The summed E-state index contributed by atoms with van der Waals surface area (Å²) < 4.78 is 5.96. The first kappa shape index (κ1) is 19.0. The average molecular weight is 406 g/mol. The van der Waals surface area contributed by atoms with Gasteiger partial charge in [0.2, 0.25) is 11.8 Å². The molecular weight excluding hydrogens is 386 g/mol. The van der Waals surface area contributed by atoms with E-state index in [4.69, 9.17) is 4.74 Å². The average Bonchev–Trinajstić information content (AvgIpc) is 2.55. The molecular formula is C18H20BrN3O3. The van der Waals surface area contributed by atoms with Gasteiger partial charge in [-0.05, 0) is 49.5 Å². The number of amides is 2. The SMILES string of the molecule is COc1ccc(NC(=O)CN(C)CC(=O)Nc2cccc(Br)c2)cc1. The molecule has 0 aliphatic heterocycles. The van der Waals surface area contributed by atoms with Crippen molar-refractivity contribution in [2.75, 3.05) is 37.9 Å². The van der Waals surface area contributed by atoms with Gasteiger partial charge < -0.3 is 15.4 Å². The van der Waals surface area contributed by atoms with Crippen molar-refractivity contribution >= 4 is 39.1 Å². The van der Waals surface area contributed by atoms with E-state index >= 15 is 0 Å². The summed E-state index contributed by atoms with van der Waals surface area (Å²) in [4.78, 5) is 25.7. The van der Waals surface area contributed by atoms with Crippen LogP contribution in [0, 0.1) is 0 Å². The molecule has 0 atom stereocenters. The Bertz CT molecular complexity index is 735. The number of carbonyl (C=O) groups excluding carboxylic acids is 2. The molecule has 0 heterocycles. The number of nitrogens with zero attached hydrogens (tertiary/aromatic N) is 1. The topological polar surface area (TPSA) is 70.7 Å². The number of methoxy groups -OCH3 is 1. The van der Waals surface area contributed by atoms with Crippen molar-refractivity contribution in [3.63, 3.8) is 0 Å². The van der Waals surface area contributed by atoms with Crippen LogP contribution in [-0.2, 0) is 9.59 Å². The number of carbonyl (C=O) groups is 2.